The number of nitriles is 1. The Balaban J connectivity index is 0.00000106. The van der Waals surface area contributed by atoms with Gasteiger partial charge in [-0.25, -0.2) is 0 Å². The number of benzene rings is 1. The van der Waals surface area contributed by atoms with Gasteiger partial charge in [0, 0.05) is 5.02 Å². The first-order chi connectivity index (χ1) is 7.36. The molecule has 0 aliphatic heterocycles. The zero-order valence-corrected chi connectivity index (χ0v) is 9.87. The molecule has 0 heterocycles. The summed E-state index contributed by atoms with van der Waals surface area (Å²) in [5.41, 5.74) is -0.939. The fourth-order valence-electron chi connectivity index (χ4n) is 1.01. The molecule has 0 saturated carbocycles. The molecule has 0 aliphatic carbocycles. The first-order valence-electron chi connectivity index (χ1n) is 4.63. The molecule has 5 heteroatoms. The van der Waals surface area contributed by atoms with Gasteiger partial charge in [0.15, 0.2) is 0 Å². The van der Waals surface area contributed by atoms with Crippen LogP contribution in [0.25, 0.3) is 0 Å². The number of hydrogen-bond acceptors (Lipinski definition) is 1. The van der Waals surface area contributed by atoms with E-state index in [2.05, 4.69) is 0 Å². The fourth-order valence-corrected chi connectivity index (χ4v) is 1.17. The summed E-state index contributed by atoms with van der Waals surface area (Å²) >= 11 is 5.54. The van der Waals surface area contributed by atoms with Crippen molar-refractivity contribution in [1.29, 1.82) is 5.26 Å². The predicted molar refractivity (Wildman–Crippen MR) is 57.3 cm³/mol. The summed E-state index contributed by atoms with van der Waals surface area (Å²) in [6.45, 7) is 5.54. The van der Waals surface area contributed by atoms with Crippen LogP contribution in [-0.4, -0.2) is 0 Å². The maximum atomic E-state index is 12.3. The number of rotatable bonds is 0. The topological polar surface area (TPSA) is 23.8 Å². The van der Waals surface area contributed by atoms with Gasteiger partial charge in [0.05, 0.1) is 17.2 Å². The number of hydrogen-bond donors (Lipinski definition) is 0. The summed E-state index contributed by atoms with van der Waals surface area (Å²) in [4.78, 5) is 0. The molecular weight excluding hydrogens is 239 g/mol. The Labute approximate surface area is 97.5 Å². The Morgan fingerprint density at radius 1 is 1.25 bits per heavy atom. The van der Waals surface area contributed by atoms with Crippen LogP contribution in [0.2, 0.25) is 5.02 Å². The molecule has 1 nitrogen and oxygen atoms in total. The lowest BCUT2D eigenvalue weighted by molar-refractivity contribution is -0.137. The third kappa shape index (κ3) is 3.42. The van der Waals surface area contributed by atoms with Crippen molar-refractivity contribution in [2.45, 2.75) is 26.9 Å². The second kappa shape index (κ2) is 5.76. The minimum Gasteiger partial charge on any atom is -0.192 e. The molecule has 0 aromatic heterocycles. The monoisotopic (exact) mass is 249 g/mol. The standard InChI is InChI=1S/C9H5ClF3N.C2H6/c1-5-2-6(4-14)7(3-8(5)10)9(11,12)13;1-2/h2-3H,1H3;1-2H3. The van der Waals surface area contributed by atoms with Crippen molar-refractivity contribution in [1.82, 2.24) is 0 Å². The predicted octanol–water partition coefficient (Wildman–Crippen LogP) is 4.57. The van der Waals surface area contributed by atoms with Crippen LogP contribution in [0.15, 0.2) is 12.1 Å². The molecule has 1 aromatic carbocycles. The van der Waals surface area contributed by atoms with Crippen LogP contribution < -0.4 is 0 Å². The molecule has 0 radical (unpaired) electrons. The normalized spacial score (nSPS) is 10.1. The van der Waals surface area contributed by atoms with E-state index in [9.17, 15) is 13.2 Å². The van der Waals surface area contributed by atoms with Gasteiger partial charge in [-0.15, -0.1) is 0 Å². The molecule has 0 aliphatic rings. The van der Waals surface area contributed by atoms with Crippen LogP contribution in [0.1, 0.15) is 30.5 Å². The summed E-state index contributed by atoms with van der Waals surface area (Å²) in [6.07, 6.45) is -4.54. The molecule has 0 spiro atoms. The van der Waals surface area contributed by atoms with Gasteiger partial charge in [-0.05, 0) is 24.6 Å². The average Bonchev–Trinajstić information content (AvgIpc) is 2.23. The van der Waals surface area contributed by atoms with Gasteiger partial charge in [0.25, 0.3) is 0 Å². The Morgan fingerprint density at radius 3 is 2.12 bits per heavy atom. The average molecular weight is 250 g/mol. The fraction of sp³-hybridized carbons (Fsp3) is 0.364. The van der Waals surface area contributed by atoms with Crippen molar-refractivity contribution in [2.24, 2.45) is 0 Å². The maximum Gasteiger partial charge on any atom is 0.417 e. The molecule has 0 fully saturated rings. The quantitative estimate of drug-likeness (QED) is 0.661. The number of halogens is 4. The SMILES string of the molecule is CC.Cc1cc(C#N)c(C(F)(F)F)cc1Cl. The highest BCUT2D eigenvalue weighted by atomic mass is 35.5. The first kappa shape index (κ1) is 14.8. The Hall–Kier alpha value is -1.21. The van der Waals surface area contributed by atoms with Gasteiger partial charge < -0.3 is 0 Å². The lowest BCUT2D eigenvalue weighted by Gasteiger charge is -2.10. The van der Waals surface area contributed by atoms with Crippen LogP contribution in [-0.2, 0) is 6.18 Å². The van der Waals surface area contributed by atoms with Crippen molar-refractivity contribution in [3.63, 3.8) is 0 Å². The summed E-state index contributed by atoms with van der Waals surface area (Å²) in [6, 6.07) is 3.39. The molecule has 16 heavy (non-hydrogen) atoms. The van der Waals surface area contributed by atoms with Gasteiger partial charge >= 0.3 is 6.18 Å². The molecule has 1 aromatic rings. The molecule has 1 rings (SSSR count). The molecule has 0 atom stereocenters. The Morgan fingerprint density at radius 2 is 1.75 bits per heavy atom. The van der Waals surface area contributed by atoms with Crippen LogP contribution >= 0.6 is 11.6 Å². The molecule has 0 N–H and O–H groups in total. The van der Waals surface area contributed by atoms with E-state index in [0.29, 0.717) is 5.56 Å². The van der Waals surface area contributed by atoms with Gasteiger partial charge in [0.1, 0.15) is 0 Å². The number of alkyl halides is 3. The largest absolute Gasteiger partial charge is 0.417 e. The minimum absolute atomic E-state index is 0.0105. The summed E-state index contributed by atoms with van der Waals surface area (Å²) in [5.74, 6) is 0. The number of nitrogens with zero attached hydrogens (tertiary/aromatic N) is 1. The molecular formula is C11H11ClF3N. The van der Waals surface area contributed by atoms with Crippen molar-refractivity contribution in [2.75, 3.05) is 0 Å². The van der Waals surface area contributed by atoms with E-state index in [1.54, 1.807) is 6.92 Å². The van der Waals surface area contributed by atoms with Gasteiger partial charge in [0.2, 0.25) is 0 Å². The summed E-state index contributed by atoms with van der Waals surface area (Å²) in [7, 11) is 0. The van der Waals surface area contributed by atoms with Crippen molar-refractivity contribution in [3.05, 3.63) is 33.8 Å². The van der Waals surface area contributed by atoms with E-state index in [4.69, 9.17) is 16.9 Å². The van der Waals surface area contributed by atoms with Gasteiger partial charge in [-0.3, -0.25) is 0 Å². The summed E-state index contributed by atoms with van der Waals surface area (Å²) in [5, 5.41) is 8.51. The molecule has 0 unspecified atom stereocenters. The lowest BCUT2D eigenvalue weighted by Crippen LogP contribution is -2.08. The van der Waals surface area contributed by atoms with Crippen molar-refractivity contribution < 1.29 is 13.2 Å². The summed E-state index contributed by atoms with van der Waals surface area (Å²) < 4.78 is 37.0. The third-order valence-electron chi connectivity index (χ3n) is 1.72. The van der Waals surface area contributed by atoms with E-state index in [1.165, 1.54) is 6.07 Å². The second-order valence-corrected chi connectivity index (χ2v) is 3.16. The van der Waals surface area contributed by atoms with Crippen molar-refractivity contribution >= 4 is 11.6 Å². The zero-order chi connectivity index (χ0) is 12.9. The van der Waals surface area contributed by atoms with E-state index in [-0.39, 0.29) is 5.02 Å². The Kier molecular flexibility index (Phi) is 5.32. The zero-order valence-electron chi connectivity index (χ0n) is 9.11. The van der Waals surface area contributed by atoms with E-state index < -0.39 is 17.3 Å². The van der Waals surface area contributed by atoms with E-state index >= 15 is 0 Å². The number of aryl methyl sites for hydroxylation is 1. The van der Waals surface area contributed by atoms with E-state index in [1.807, 2.05) is 13.8 Å². The van der Waals surface area contributed by atoms with Crippen LogP contribution in [0.4, 0.5) is 13.2 Å². The Bertz CT molecular complexity index is 405. The van der Waals surface area contributed by atoms with Gasteiger partial charge in [-0.1, -0.05) is 25.4 Å². The maximum absolute atomic E-state index is 12.3. The molecule has 0 bridgehead atoms. The highest BCUT2D eigenvalue weighted by molar-refractivity contribution is 6.31. The van der Waals surface area contributed by atoms with Crippen LogP contribution in [0.5, 0.6) is 0 Å². The molecule has 0 saturated heterocycles. The highest BCUT2D eigenvalue weighted by Crippen LogP contribution is 2.34. The third-order valence-corrected chi connectivity index (χ3v) is 2.13. The first-order valence-corrected chi connectivity index (χ1v) is 5.01. The van der Waals surface area contributed by atoms with E-state index in [0.717, 1.165) is 12.1 Å². The molecule has 0 amide bonds. The van der Waals surface area contributed by atoms with Crippen LogP contribution in [0.3, 0.4) is 0 Å². The smallest absolute Gasteiger partial charge is 0.192 e. The lowest BCUT2D eigenvalue weighted by atomic mass is 10.1. The van der Waals surface area contributed by atoms with Crippen molar-refractivity contribution in [3.8, 4) is 6.07 Å². The van der Waals surface area contributed by atoms with Crippen LogP contribution in [0, 0.1) is 18.3 Å². The minimum atomic E-state index is -4.54. The molecule has 88 valence electrons. The van der Waals surface area contributed by atoms with Gasteiger partial charge in [-0.2, -0.15) is 18.4 Å². The second-order valence-electron chi connectivity index (χ2n) is 2.76. The highest BCUT2D eigenvalue weighted by Gasteiger charge is 2.34.